The van der Waals surface area contributed by atoms with Crippen molar-refractivity contribution >= 4 is 5.97 Å². The van der Waals surface area contributed by atoms with E-state index in [0.717, 1.165) is 13.0 Å². The summed E-state index contributed by atoms with van der Waals surface area (Å²) in [5, 5.41) is 0. The highest BCUT2D eigenvalue weighted by molar-refractivity contribution is 5.76. The Hall–Kier alpha value is -1.35. The lowest BCUT2D eigenvalue weighted by atomic mass is 9.93. The number of carbonyl (C=O) groups excluding carboxylic acids is 1. The standard InChI is InChI=1S/C15H23NO2/c1-15(2,14(17)18-4)12-16(3)11-10-13-8-6-5-7-9-13/h5-9H,10-12H2,1-4H3. The number of esters is 1. The molecule has 0 aromatic heterocycles. The van der Waals surface area contributed by atoms with E-state index in [1.807, 2.05) is 39.1 Å². The first kappa shape index (κ1) is 14.7. The van der Waals surface area contributed by atoms with Gasteiger partial charge in [-0.3, -0.25) is 4.79 Å². The van der Waals surface area contributed by atoms with Crippen LogP contribution in [0.4, 0.5) is 0 Å². The van der Waals surface area contributed by atoms with Crippen molar-refractivity contribution in [1.29, 1.82) is 0 Å². The first-order chi connectivity index (χ1) is 8.45. The summed E-state index contributed by atoms with van der Waals surface area (Å²) in [5.41, 5.74) is 0.862. The number of ether oxygens (including phenoxy) is 1. The van der Waals surface area contributed by atoms with Crippen molar-refractivity contribution in [1.82, 2.24) is 4.90 Å². The molecule has 0 aliphatic carbocycles. The minimum absolute atomic E-state index is 0.158. The summed E-state index contributed by atoms with van der Waals surface area (Å²) < 4.78 is 4.81. The van der Waals surface area contributed by atoms with Crippen molar-refractivity contribution in [2.75, 3.05) is 27.2 Å². The van der Waals surface area contributed by atoms with Crippen LogP contribution < -0.4 is 0 Å². The second-order valence-electron chi connectivity index (χ2n) is 5.35. The Labute approximate surface area is 110 Å². The van der Waals surface area contributed by atoms with Gasteiger partial charge in [0.25, 0.3) is 0 Å². The van der Waals surface area contributed by atoms with Gasteiger partial charge in [-0.1, -0.05) is 30.3 Å². The van der Waals surface area contributed by atoms with Crippen molar-refractivity contribution < 1.29 is 9.53 Å². The van der Waals surface area contributed by atoms with Gasteiger partial charge in [-0.15, -0.1) is 0 Å². The number of methoxy groups -OCH3 is 1. The Kier molecular flexibility index (Phi) is 5.35. The molecule has 0 heterocycles. The lowest BCUT2D eigenvalue weighted by Gasteiger charge is -2.27. The second-order valence-corrected chi connectivity index (χ2v) is 5.35. The van der Waals surface area contributed by atoms with Gasteiger partial charge in [0.05, 0.1) is 12.5 Å². The number of rotatable bonds is 6. The predicted molar refractivity (Wildman–Crippen MR) is 73.4 cm³/mol. The van der Waals surface area contributed by atoms with Crippen LogP contribution in [0.5, 0.6) is 0 Å². The highest BCUT2D eigenvalue weighted by Gasteiger charge is 2.29. The Morgan fingerprint density at radius 2 is 1.89 bits per heavy atom. The molecule has 0 saturated carbocycles. The van der Waals surface area contributed by atoms with Crippen LogP contribution in [-0.2, 0) is 16.0 Å². The van der Waals surface area contributed by atoms with Crippen LogP contribution in [0.15, 0.2) is 30.3 Å². The van der Waals surface area contributed by atoms with Crippen molar-refractivity contribution in [3.05, 3.63) is 35.9 Å². The smallest absolute Gasteiger partial charge is 0.312 e. The quantitative estimate of drug-likeness (QED) is 0.725. The Morgan fingerprint density at radius 1 is 1.28 bits per heavy atom. The van der Waals surface area contributed by atoms with E-state index in [1.165, 1.54) is 12.7 Å². The molecular formula is C15H23NO2. The monoisotopic (exact) mass is 249 g/mol. The van der Waals surface area contributed by atoms with E-state index in [-0.39, 0.29) is 5.97 Å². The van der Waals surface area contributed by atoms with Crippen molar-refractivity contribution in [3.63, 3.8) is 0 Å². The average Bonchev–Trinajstić information content (AvgIpc) is 2.36. The fourth-order valence-corrected chi connectivity index (χ4v) is 2.06. The van der Waals surface area contributed by atoms with E-state index in [2.05, 4.69) is 17.0 Å². The Balaban J connectivity index is 2.42. The van der Waals surface area contributed by atoms with Crippen LogP contribution in [0.25, 0.3) is 0 Å². The topological polar surface area (TPSA) is 29.5 Å². The van der Waals surface area contributed by atoms with Crippen molar-refractivity contribution in [3.8, 4) is 0 Å². The summed E-state index contributed by atoms with van der Waals surface area (Å²) in [6.07, 6.45) is 0.995. The summed E-state index contributed by atoms with van der Waals surface area (Å²) in [6.45, 7) is 5.46. The molecule has 3 nitrogen and oxygen atoms in total. The predicted octanol–water partition coefficient (Wildman–Crippen LogP) is 2.36. The summed E-state index contributed by atoms with van der Waals surface area (Å²) in [7, 11) is 3.47. The Morgan fingerprint density at radius 3 is 2.44 bits per heavy atom. The number of benzene rings is 1. The zero-order valence-corrected chi connectivity index (χ0v) is 11.8. The number of carbonyl (C=O) groups is 1. The normalized spacial score (nSPS) is 11.6. The van der Waals surface area contributed by atoms with Gasteiger partial charge < -0.3 is 9.64 Å². The molecule has 0 spiro atoms. The summed E-state index contributed by atoms with van der Waals surface area (Å²) in [6, 6.07) is 10.4. The molecule has 0 amide bonds. The Bertz CT molecular complexity index is 373. The van der Waals surface area contributed by atoms with Crippen molar-refractivity contribution in [2.45, 2.75) is 20.3 Å². The molecule has 1 rings (SSSR count). The van der Waals surface area contributed by atoms with Crippen LogP contribution in [0, 0.1) is 5.41 Å². The van der Waals surface area contributed by atoms with E-state index in [0.29, 0.717) is 6.54 Å². The van der Waals surface area contributed by atoms with E-state index in [4.69, 9.17) is 4.74 Å². The maximum absolute atomic E-state index is 11.6. The number of likely N-dealkylation sites (N-methyl/N-ethyl adjacent to an activating group) is 1. The number of hydrogen-bond acceptors (Lipinski definition) is 3. The molecule has 18 heavy (non-hydrogen) atoms. The lowest BCUT2D eigenvalue weighted by molar-refractivity contribution is -0.151. The molecule has 0 saturated heterocycles. The largest absolute Gasteiger partial charge is 0.469 e. The lowest BCUT2D eigenvalue weighted by Crippen LogP contribution is -2.38. The third kappa shape index (κ3) is 4.49. The highest BCUT2D eigenvalue weighted by atomic mass is 16.5. The van der Waals surface area contributed by atoms with Gasteiger partial charge in [0.15, 0.2) is 0 Å². The third-order valence-corrected chi connectivity index (χ3v) is 3.03. The van der Waals surface area contributed by atoms with E-state index < -0.39 is 5.41 Å². The SMILES string of the molecule is COC(=O)C(C)(C)CN(C)CCc1ccccc1. The molecule has 100 valence electrons. The van der Waals surface area contributed by atoms with E-state index in [9.17, 15) is 4.79 Å². The third-order valence-electron chi connectivity index (χ3n) is 3.03. The second kappa shape index (κ2) is 6.55. The molecule has 0 atom stereocenters. The van der Waals surface area contributed by atoms with Crippen LogP contribution in [0.3, 0.4) is 0 Å². The fraction of sp³-hybridized carbons (Fsp3) is 0.533. The molecular weight excluding hydrogens is 226 g/mol. The first-order valence-corrected chi connectivity index (χ1v) is 6.26. The molecule has 1 aromatic rings. The number of hydrogen-bond donors (Lipinski definition) is 0. The maximum Gasteiger partial charge on any atom is 0.312 e. The molecule has 0 aliphatic heterocycles. The maximum atomic E-state index is 11.6. The molecule has 1 aromatic carbocycles. The highest BCUT2D eigenvalue weighted by Crippen LogP contribution is 2.18. The summed E-state index contributed by atoms with van der Waals surface area (Å²) >= 11 is 0. The van der Waals surface area contributed by atoms with Crippen LogP contribution in [0.2, 0.25) is 0 Å². The zero-order chi connectivity index (χ0) is 13.6. The minimum Gasteiger partial charge on any atom is -0.469 e. The van der Waals surface area contributed by atoms with Crippen molar-refractivity contribution in [2.24, 2.45) is 5.41 Å². The average molecular weight is 249 g/mol. The van der Waals surface area contributed by atoms with Gasteiger partial charge in [0.2, 0.25) is 0 Å². The fourth-order valence-electron chi connectivity index (χ4n) is 2.06. The molecule has 0 fully saturated rings. The van der Waals surface area contributed by atoms with Gasteiger partial charge >= 0.3 is 5.97 Å². The first-order valence-electron chi connectivity index (χ1n) is 6.26. The van der Waals surface area contributed by atoms with E-state index >= 15 is 0 Å². The number of nitrogens with zero attached hydrogens (tertiary/aromatic N) is 1. The molecule has 0 radical (unpaired) electrons. The van der Waals surface area contributed by atoms with Gasteiger partial charge in [0.1, 0.15) is 0 Å². The van der Waals surface area contributed by atoms with E-state index in [1.54, 1.807) is 0 Å². The molecule has 0 aliphatic rings. The van der Waals surface area contributed by atoms with Gasteiger partial charge in [-0.25, -0.2) is 0 Å². The van der Waals surface area contributed by atoms with Crippen LogP contribution in [0.1, 0.15) is 19.4 Å². The van der Waals surface area contributed by atoms with Gasteiger partial charge in [-0.05, 0) is 32.9 Å². The molecule has 0 unspecified atom stereocenters. The molecule has 3 heteroatoms. The van der Waals surface area contributed by atoms with Crippen LogP contribution in [-0.4, -0.2) is 38.1 Å². The van der Waals surface area contributed by atoms with Gasteiger partial charge in [0, 0.05) is 13.1 Å². The molecule has 0 bridgehead atoms. The summed E-state index contributed by atoms with van der Waals surface area (Å²) in [4.78, 5) is 13.8. The molecule has 0 N–H and O–H groups in total. The summed E-state index contributed by atoms with van der Waals surface area (Å²) in [5.74, 6) is -0.158. The van der Waals surface area contributed by atoms with Gasteiger partial charge in [-0.2, -0.15) is 0 Å². The minimum atomic E-state index is -0.458. The zero-order valence-electron chi connectivity index (χ0n) is 11.8. The van der Waals surface area contributed by atoms with Crippen LogP contribution >= 0.6 is 0 Å².